The van der Waals surface area contributed by atoms with Gasteiger partial charge in [0.05, 0.1) is 55.6 Å². The average Bonchev–Trinajstić information content (AvgIpc) is 3.20. The minimum absolute atomic E-state index is 0.0667. The van der Waals surface area contributed by atoms with Crippen molar-refractivity contribution in [3.8, 4) is 57.4 Å². The van der Waals surface area contributed by atoms with Gasteiger partial charge in [-0.15, -0.1) is 0 Å². The first-order chi connectivity index (χ1) is 24.6. The van der Waals surface area contributed by atoms with Crippen molar-refractivity contribution in [3.63, 3.8) is 0 Å². The van der Waals surface area contributed by atoms with Crippen LogP contribution in [0, 0.1) is 35.8 Å². The van der Waals surface area contributed by atoms with Crippen molar-refractivity contribution in [1.82, 2.24) is 39.9 Å². The van der Waals surface area contributed by atoms with Gasteiger partial charge >= 0.3 is 11.6 Å². The van der Waals surface area contributed by atoms with Crippen molar-refractivity contribution in [3.05, 3.63) is 132 Å². The molecule has 0 aliphatic carbocycles. The second-order valence-corrected chi connectivity index (χ2v) is 10.8. The standard InChI is InChI=1S/C38H16N12/c1-41-37-29-33(45-27(19-39)47-37)34-30(38(42-2)48-28(20-40)46-34)36-35(29)49-31(25-17-9-15-23(43-25)21-11-5-3-6-12-21)32(50-36)26-18-10-16-24(44-26)22-13-7-4-8-14-22/h3-18H. The van der Waals surface area contributed by atoms with Crippen LogP contribution < -0.4 is 0 Å². The molecule has 0 saturated carbocycles. The Bertz CT molecular complexity index is 2660. The lowest BCUT2D eigenvalue weighted by molar-refractivity contribution is 1.15. The minimum Gasteiger partial charge on any atom is -0.360 e. The van der Waals surface area contributed by atoms with Crippen molar-refractivity contribution in [2.45, 2.75) is 0 Å². The third kappa shape index (κ3) is 4.83. The molecule has 3 aromatic carbocycles. The maximum absolute atomic E-state index is 9.73. The number of nitrogens with zero attached hydrogens (tertiary/aromatic N) is 12. The number of rotatable bonds is 4. The summed E-state index contributed by atoms with van der Waals surface area (Å²) in [4.78, 5) is 44.6. The molecule has 0 aliphatic heterocycles. The van der Waals surface area contributed by atoms with Gasteiger partial charge in [0.1, 0.15) is 11.4 Å². The lowest BCUT2D eigenvalue weighted by Crippen LogP contribution is -2.03. The molecule has 0 fully saturated rings. The van der Waals surface area contributed by atoms with E-state index in [1.54, 1.807) is 0 Å². The first-order valence-corrected chi connectivity index (χ1v) is 15.0. The van der Waals surface area contributed by atoms with Gasteiger partial charge < -0.3 is 9.69 Å². The van der Waals surface area contributed by atoms with Crippen LogP contribution in [0.3, 0.4) is 0 Å². The third-order valence-corrected chi connectivity index (χ3v) is 7.91. The second kappa shape index (κ2) is 11.9. The first-order valence-electron chi connectivity index (χ1n) is 15.0. The molecule has 0 spiro atoms. The summed E-state index contributed by atoms with van der Waals surface area (Å²) in [6.07, 6.45) is 0. The summed E-state index contributed by atoms with van der Waals surface area (Å²) in [5.41, 5.74) is 5.28. The normalized spacial score (nSPS) is 10.7. The van der Waals surface area contributed by atoms with E-state index in [0.29, 0.717) is 34.2 Å². The van der Waals surface area contributed by atoms with Gasteiger partial charge in [-0.25, -0.2) is 19.9 Å². The first kappa shape index (κ1) is 29.3. The van der Waals surface area contributed by atoms with Gasteiger partial charge in [0.15, 0.2) is 12.1 Å². The van der Waals surface area contributed by atoms with Crippen LogP contribution in [0.25, 0.3) is 87.8 Å². The van der Waals surface area contributed by atoms with Crippen LogP contribution >= 0.6 is 0 Å². The lowest BCUT2D eigenvalue weighted by Gasteiger charge is -2.15. The number of pyridine rings is 2. The summed E-state index contributed by atoms with van der Waals surface area (Å²) >= 11 is 0. The van der Waals surface area contributed by atoms with Gasteiger partial charge in [0, 0.05) is 11.1 Å². The van der Waals surface area contributed by atoms with Gasteiger partial charge in [-0.1, -0.05) is 95.9 Å². The van der Waals surface area contributed by atoms with Gasteiger partial charge in [-0.2, -0.15) is 20.5 Å². The van der Waals surface area contributed by atoms with Crippen molar-refractivity contribution in [2.24, 2.45) is 0 Å². The molecule has 0 atom stereocenters. The zero-order valence-corrected chi connectivity index (χ0v) is 25.6. The maximum atomic E-state index is 9.73. The van der Waals surface area contributed by atoms with E-state index in [0.717, 1.165) is 11.1 Å². The molecule has 8 rings (SSSR count). The number of nitriles is 2. The Kier molecular flexibility index (Phi) is 7.01. The Labute approximate surface area is 283 Å². The average molecular weight is 641 g/mol. The fourth-order valence-electron chi connectivity index (χ4n) is 5.75. The molecule has 0 N–H and O–H groups in total. The zero-order chi connectivity index (χ0) is 34.2. The molecule has 0 radical (unpaired) electrons. The Morgan fingerprint density at radius 2 is 0.800 bits per heavy atom. The van der Waals surface area contributed by atoms with Crippen molar-refractivity contribution in [2.75, 3.05) is 0 Å². The molecule has 8 aromatic rings. The Hall–Kier alpha value is -8.06. The molecule has 0 bridgehead atoms. The van der Waals surface area contributed by atoms with Crippen LogP contribution in [0.1, 0.15) is 11.6 Å². The molecule has 0 unspecified atom stereocenters. The third-order valence-electron chi connectivity index (χ3n) is 7.91. The molecule has 0 aliphatic rings. The van der Waals surface area contributed by atoms with E-state index in [1.165, 1.54) is 0 Å². The lowest BCUT2D eigenvalue weighted by atomic mass is 10.0. The predicted molar refractivity (Wildman–Crippen MR) is 185 cm³/mol. The van der Waals surface area contributed by atoms with Crippen LogP contribution in [-0.2, 0) is 0 Å². The van der Waals surface area contributed by atoms with E-state index in [1.807, 2.05) is 109 Å². The monoisotopic (exact) mass is 640 g/mol. The van der Waals surface area contributed by atoms with E-state index in [2.05, 4.69) is 29.6 Å². The fourth-order valence-corrected chi connectivity index (χ4v) is 5.75. The largest absolute Gasteiger partial charge is 0.360 e. The van der Waals surface area contributed by atoms with Crippen LogP contribution in [0.15, 0.2) is 97.1 Å². The highest BCUT2D eigenvalue weighted by Gasteiger charge is 2.26. The van der Waals surface area contributed by atoms with E-state index in [-0.39, 0.29) is 56.1 Å². The Morgan fingerprint density at radius 1 is 0.420 bits per heavy atom. The van der Waals surface area contributed by atoms with Gasteiger partial charge in [-0.3, -0.25) is 0 Å². The second-order valence-electron chi connectivity index (χ2n) is 10.8. The van der Waals surface area contributed by atoms with Gasteiger partial charge in [-0.05, 0) is 24.3 Å². The SMILES string of the molecule is [C-]#[N+]c1nc(C#N)nc2c3nc(C#N)nc([N+]#[C-])c3c3nc(-c4cccc(-c5ccccc5)n4)c(-c4cccc(-c5ccccc5)n4)nc3c12. The van der Waals surface area contributed by atoms with E-state index in [9.17, 15) is 10.5 Å². The number of fused-ring (bicyclic) bond motifs is 6. The molecule has 12 heteroatoms. The summed E-state index contributed by atoms with van der Waals surface area (Å²) in [7, 11) is 0. The quantitative estimate of drug-likeness (QED) is 0.137. The molecule has 50 heavy (non-hydrogen) atoms. The number of hydrogen-bond acceptors (Lipinski definition) is 10. The molecule has 12 nitrogen and oxygen atoms in total. The predicted octanol–water partition coefficient (Wildman–Crippen LogP) is 7.82. The Morgan fingerprint density at radius 3 is 1.18 bits per heavy atom. The number of benzene rings is 3. The van der Waals surface area contributed by atoms with E-state index >= 15 is 0 Å². The molecule has 0 saturated heterocycles. The van der Waals surface area contributed by atoms with Crippen LogP contribution in [0.2, 0.25) is 0 Å². The van der Waals surface area contributed by atoms with Crippen LogP contribution in [0.5, 0.6) is 0 Å². The van der Waals surface area contributed by atoms with Gasteiger partial charge in [0.2, 0.25) is 0 Å². The van der Waals surface area contributed by atoms with E-state index < -0.39 is 0 Å². The molecule has 5 heterocycles. The summed E-state index contributed by atoms with van der Waals surface area (Å²) in [6, 6.07) is 34.3. The molecular formula is C38H16N12. The summed E-state index contributed by atoms with van der Waals surface area (Å²) < 4.78 is 0. The summed E-state index contributed by atoms with van der Waals surface area (Å²) in [6.45, 7) is 16.0. The van der Waals surface area contributed by atoms with Gasteiger partial charge in [0.25, 0.3) is 11.6 Å². The van der Waals surface area contributed by atoms with Crippen LogP contribution in [0.4, 0.5) is 11.6 Å². The maximum Gasteiger partial charge on any atom is 0.326 e. The topological polar surface area (TPSA) is 159 Å². The smallest absolute Gasteiger partial charge is 0.326 e. The minimum atomic E-state index is -0.283. The highest BCUT2D eigenvalue weighted by atomic mass is 15.0. The molecule has 5 aromatic heterocycles. The number of aromatic nitrogens is 8. The highest BCUT2D eigenvalue weighted by Crippen LogP contribution is 2.42. The van der Waals surface area contributed by atoms with Crippen LogP contribution in [-0.4, -0.2) is 39.9 Å². The van der Waals surface area contributed by atoms with Crippen molar-refractivity contribution in [1.29, 1.82) is 10.5 Å². The summed E-state index contributed by atoms with van der Waals surface area (Å²) in [5.74, 6) is -0.893. The van der Waals surface area contributed by atoms with E-state index in [4.69, 9.17) is 33.1 Å². The summed E-state index contributed by atoms with van der Waals surface area (Å²) in [5, 5.41) is 19.8. The highest BCUT2D eigenvalue weighted by molar-refractivity contribution is 6.26. The van der Waals surface area contributed by atoms with Crippen molar-refractivity contribution >= 4 is 44.5 Å². The Balaban J connectivity index is 1.55. The zero-order valence-electron chi connectivity index (χ0n) is 25.6. The fraction of sp³-hybridized carbons (Fsp3) is 0. The molecule has 0 amide bonds. The molecular weight excluding hydrogens is 625 g/mol. The van der Waals surface area contributed by atoms with Crippen molar-refractivity contribution < 1.29 is 0 Å². The number of hydrogen-bond donors (Lipinski definition) is 0. The molecule has 228 valence electrons.